The minimum atomic E-state index is -0.113. The number of amides is 1. The van der Waals surface area contributed by atoms with Crippen LogP contribution < -0.4 is 15.4 Å². The van der Waals surface area contributed by atoms with Gasteiger partial charge >= 0.3 is 0 Å². The molecule has 0 fully saturated rings. The number of nitrogens with one attached hydrogen (secondary N) is 2. The van der Waals surface area contributed by atoms with Gasteiger partial charge in [-0.3, -0.25) is 4.79 Å². The molecule has 1 aliphatic heterocycles. The van der Waals surface area contributed by atoms with Gasteiger partial charge in [-0.25, -0.2) is 0 Å². The lowest BCUT2D eigenvalue weighted by Gasteiger charge is -2.12. The van der Waals surface area contributed by atoms with Crippen LogP contribution >= 0.6 is 0 Å². The van der Waals surface area contributed by atoms with E-state index in [4.69, 9.17) is 4.74 Å². The summed E-state index contributed by atoms with van der Waals surface area (Å²) in [6.07, 6.45) is 0. The number of ether oxygens (including phenoxy) is 1. The molecule has 108 valence electrons. The number of carbonyl (C=O) groups is 1. The molecule has 4 heteroatoms. The fraction of sp³-hybridized carbons (Fsp3) is 0.235. The molecule has 2 aromatic rings. The third kappa shape index (κ3) is 3.16. The molecular weight excluding hydrogens is 264 g/mol. The van der Waals surface area contributed by atoms with Crippen LogP contribution in [0.4, 0.5) is 5.69 Å². The highest BCUT2D eigenvalue weighted by atomic mass is 16.5. The number of hydrogen-bond acceptors (Lipinski definition) is 3. The van der Waals surface area contributed by atoms with Crippen LogP contribution in [0.25, 0.3) is 0 Å². The number of benzene rings is 2. The molecule has 0 spiro atoms. The van der Waals surface area contributed by atoms with E-state index in [-0.39, 0.29) is 11.8 Å². The second-order valence-corrected chi connectivity index (χ2v) is 4.97. The van der Waals surface area contributed by atoms with Crippen molar-refractivity contribution in [2.45, 2.75) is 5.92 Å². The molecule has 0 saturated carbocycles. The Labute approximate surface area is 124 Å². The molecule has 1 atom stereocenters. The van der Waals surface area contributed by atoms with Crippen LogP contribution in [0, 0.1) is 0 Å². The number of fused-ring (bicyclic) bond motifs is 1. The van der Waals surface area contributed by atoms with Crippen molar-refractivity contribution in [1.29, 1.82) is 0 Å². The standard InChI is InChI=1S/C17H18N2O2/c20-17(15-12-19-16-9-5-4-8-14(15)16)18-10-11-21-13-6-2-1-3-7-13/h1-9,15,19H,10-12H2,(H,18,20). The number of carbonyl (C=O) groups excluding carboxylic acids is 1. The van der Waals surface area contributed by atoms with Crippen molar-refractivity contribution in [3.63, 3.8) is 0 Å². The Hall–Kier alpha value is -2.49. The third-order valence-electron chi connectivity index (χ3n) is 3.56. The summed E-state index contributed by atoms with van der Waals surface area (Å²) in [5.74, 6) is 0.752. The van der Waals surface area contributed by atoms with Crippen LogP contribution in [0.1, 0.15) is 11.5 Å². The van der Waals surface area contributed by atoms with Gasteiger partial charge in [0.2, 0.25) is 5.91 Å². The summed E-state index contributed by atoms with van der Waals surface area (Å²) >= 11 is 0. The summed E-state index contributed by atoms with van der Waals surface area (Å²) < 4.78 is 5.56. The monoisotopic (exact) mass is 282 g/mol. The van der Waals surface area contributed by atoms with Gasteiger partial charge in [0, 0.05) is 12.2 Å². The minimum absolute atomic E-state index is 0.0455. The topological polar surface area (TPSA) is 50.4 Å². The van der Waals surface area contributed by atoms with Crippen molar-refractivity contribution in [3.8, 4) is 5.75 Å². The number of rotatable bonds is 5. The number of para-hydroxylation sites is 2. The quantitative estimate of drug-likeness (QED) is 0.828. The van der Waals surface area contributed by atoms with Gasteiger partial charge in [-0.2, -0.15) is 0 Å². The Bertz CT molecular complexity index is 613. The lowest BCUT2D eigenvalue weighted by molar-refractivity contribution is -0.122. The summed E-state index contributed by atoms with van der Waals surface area (Å²) in [6.45, 7) is 1.63. The zero-order valence-electron chi connectivity index (χ0n) is 11.7. The molecule has 0 bridgehead atoms. The second-order valence-electron chi connectivity index (χ2n) is 4.97. The normalized spacial score (nSPS) is 15.9. The molecule has 2 aromatic carbocycles. The van der Waals surface area contributed by atoms with Gasteiger partial charge in [0.25, 0.3) is 0 Å². The van der Waals surface area contributed by atoms with Crippen molar-refractivity contribution >= 4 is 11.6 Å². The van der Waals surface area contributed by atoms with Crippen LogP contribution in [-0.4, -0.2) is 25.6 Å². The molecule has 0 aliphatic carbocycles. The lowest BCUT2D eigenvalue weighted by atomic mass is 10.0. The van der Waals surface area contributed by atoms with Crippen molar-refractivity contribution < 1.29 is 9.53 Å². The Morgan fingerprint density at radius 3 is 2.76 bits per heavy atom. The van der Waals surface area contributed by atoms with E-state index in [0.717, 1.165) is 17.0 Å². The van der Waals surface area contributed by atoms with E-state index in [9.17, 15) is 4.79 Å². The predicted octanol–water partition coefficient (Wildman–Crippen LogP) is 2.39. The van der Waals surface area contributed by atoms with Crippen LogP contribution in [0.5, 0.6) is 5.75 Å². The molecule has 3 rings (SSSR count). The van der Waals surface area contributed by atoms with E-state index in [2.05, 4.69) is 10.6 Å². The molecule has 0 saturated heterocycles. The van der Waals surface area contributed by atoms with Crippen molar-refractivity contribution in [1.82, 2.24) is 5.32 Å². The fourth-order valence-corrected chi connectivity index (χ4v) is 2.50. The average molecular weight is 282 g/mol. The fourth-order valence-electron chi connectivity index (χ4n) is 2.50. The molecule has 2 N–H and O–H groups in total. The molecular formula is C17H18N2O2. The Morgan fingerprint density at radius 2 is 1.90 bits per heavy atom. The highest BCUT2D eigenvalue weighted by Crippen LogP contribution is 2.30. The van der Waals surface area contributed by atoms with Gasteiger partial charge in [-0.15, -0.1) is 0 Å². The zero-order valence-corrected chi connectivity index (χ0v) is 11.7. The smallest absolute Gasteiger partial charge is 0.229 e. The van der Waals surface area contributed by atoms with Crippen LogP contribution in [0.15, 0.2) is 54.6 Å². The van der Waals surface area contributed by atoms with E-state index >= 15 is 0 Å². The average Bonchev–Trinajstić information content (AvgIpc) is 2.96. The van der Waals surface area contributed by atoms with Crippen molar-refractivity contribution in [3.05, 3.63) is 60.2 Å². The molecule has 1 heterocycles. The van der Waals surface area contributed by atoms with Gasteiger partial charge in [0.05, 0.1) is 12.5 Å². The maximum Gasteiger partial charge on any atom is 0.229 e. The first-order chi connectivity index (χ1) is 10.3. The predicted molar refractivity (Wildman–Crippen MR) is 82.6 cm³/mol. The summed E-state index contributed by atoms with van der Waals surface area (Å²) in [5, 5.41) is 6.19. The SMILES string of the molecule is O=C(NCCOc1ccccc1)C1CNc2ccccc21. The van der Waals surface area contributed by atoms with Gasteiger partial charge in [-0.05, 0) is 23.8 Å². The molecule has 0 aromatic heterocycles. The van der Waals surface area contributed by atoms with Gasteiger partial charge < -0.3 is 15.4 Å². The molecule has 0 radical (unpaired) electrons. The van der Waals surface area contributed by atoms with Crippen molar-refractivity contribution in [2.24, 2.45) is 0 Å². The molecule has 1 amide bonds. The Kier molecular flexibility index (Phi) is 4.05. The highest BCUT2D eigenvalue weighted by Gasteiger charge is 2.27. The second kappa shape index (κ2) is 6.31. The summed E-state index contributed by atoms with van der Waals surface area (Å²) in [6, 6.07) is 17.5. The Balaban J connectivity index is 1.47. The van der Waals surface area contributed by atoms with E-state index in [1.807, 2.05) is 54.6 Å². The minimum Gasteiger partial charge on any atom is -0.492 e. The number of hydrogen-bond donors (Lipinski definition) is 2. The Morgan fingerprint density at radius 1 is 1.14 bits per heavy atom. The highest BCUT2D eigenvalue weighted by molar-refractivity contribution is 5.88. The van der Waals surface area contributed by atoms with Gasteiger partial charge in [-0.1, -0.05) is 36.4 Å². The first-order valence-electron chi connectivity index (χ1n) is 7.13. The molecule has 21 heavy (non-hydrogen) atoms. The summed E-state index contributed by atoms with van der Waals surface area (Å²) in [5.41, 5.74) is 2.12. The van der Waals surface area contributed by atoms with Crippen LogP contribution in [0.2, 0.25) is 0 Å². The van der Waals surface area contributed by atoms with E-state index in [1.54, 1.807) is 0 Å². The molecule has 4 nitrogen and oxygen atoms in total. The van der Waals surface area contributed by atoms with Crippen molar-refractivity contribution in [2.75, 3.05) is 25.0 Å². The third-order valence-corrected chi connectivity index (χ3v) is 3.56. The number of anilines is 1. The van der Waals surface area contributed by atoms with E-state index in [0.29, 0.717) is 19.7 Å². The van der Waals surface area contributed by atoms with Gasteiger partial charge in [0.15, 0.2) is 0 Å². The summed E-state index contributed by atoms with van der Waals surface area (Å²) in [7, 11) is 0. The summed E-state index contributed by atoms with van der Waals surface area (Å²) in [4.78, 5) is 12.2. The van der Waals surface area contributed by atoms with Crippen LogP contribution in [0.3, 0.4) is 0 Å². The van der Waals surface area contributed by atoms with E-state index in [1.165, 1.54) is 0 Å². The largest absolute Gasteiger partial charge is 0.492 e. The zero-order chi connectivity index (χ0) is 14.5. The first-order valence-corrected chi connectivity index (χ1v) is 7.13. The maximum atomic E-state index is 12.2. The maximum absolute atomic E-state index is 12.2. The van der Waals surface area contributed by atoms with E-state index < -0.39 is 0 Å². The van der Waals surface area contributed by atoms with Crippen LogP contribution in [-0.2, 0) is 4.79 Å². The first kappa shape index (κ1) is 13.5. The lowest BCUT2D eigenvalue weighted by Crippen LogP contribution is -2.33. The molecule has 1 unspecified atom stereocenters. The van der Waals surface area contributed by atoms with Gasteiger partial charge in [0.1, 0.15) is 12.4 Å². The molecule has 1 aliphatic rings.